The summed E-state index contributed by atoms with van der Waals surface area (Å²) in [5.41, 5.74) is 1.43. The van der Waals surface area contributed by atoms with Crippen LogP contribution in [0.25, 0.3) is 0 Å². The number of likely N-dealkylation sites (tertiary alicyclic amines) is 2. The molecular weight excluding hydrogens is 518 g/mol. The Balaban J connectivity index is 1.15. The highest BCUT2D eigenvalue weighted by atomic mass is 16.5. The Labute approximate surface area is 243 Å². The zero-order valence-corrected chi connectivity index (χ0v) is 24.1. The van der Waals surface area contributed by atoms with Gasteiger partial charge in [-0.15, -0.1) is 0 Å². The summed E-state index contributed by atoms with van der Waals surface area (Å²) < 4.78 is 5.27. The first kappa shape index (κ1) is 29.1. The van der Waals surface area contributed by atoms with Crippen LogP contribution in [0.5, 0.6) is 0 Å². The van der Waals surface area contributed by atoms with E-state index in [0.717, 1.165) is 44.7 Å². The van der Waals surface area contributed by atoms with E-state index in [1.807, 2.05) is 41.3 Å². The highest BCUT2D eigenvalue weighted by Crippen LogP contribution is 2.37. The van der Waals surface area contributed by atoms with Crippen molar-refractivity contribution in [2.75, 3.05) is 39.8 Å². The number of unbranched alkanes of at least 4 members (excludes halogenated alkanes) is 1. The van der Waals surface area contributed by atoms with Crippen molar-refractivity contribution in [3.05, 3.63) is 71.8 Å². The van der Waals surface area contributed by atoms with Crippen LogP contribution in [0.3, 0.4) is 0 Å². The molecule has 2 atom stereocenters. The number of alkyl carbamates (subject to hydrolysis) is 1. The molecule has 2 aromatic rings. The van der Waals surface area contributed by atoms with Gasteiger partial charge in [-0.2, -0.15) is 0 Å². The van der Waals surface area contributed by atoms with Crippen molar-refractivity contribution in [1.82, 2.24) is 25.3 Å². The van der Waals surface area contributed by atoms with Gasteiger partial charge in [0.05, 0.1) is 0 Å². The number of carbonyl (C=O) groups excluding carboxylic acids is 3. The Kier molecular flexibility index (Phi) is 9.57. The molecule has 0 aromatic heterocycles. The number of piperidine rings is 1. The number of amides is 3. The minimum Gasteiger partial charge on any atom is -0.445 e. The standard InChI is InChI=1S/C32H43N5O4/c1-35-20-16-32(17-21-35)30(39)34-28(14-8-9-18-33-31(40)41-24-26-12-6-3-7-13-26)29(38)37(32)27-15-19-36(23-27)22-25-10-4-2-5-11-25/h2-7,10-13,27-28H,8-9,14-24H2,1H3,(H,33,40)(H,34,39). The maximum Gasteiger partial charge on any atom is 0.407 e. The SMILES string of the molecule is CN1CCC2(CC1)C(=O)NC(CCCCNC(=O)OCc1ccccc1)C(=O)N2C1CCN(Cc2ccccc2)C1. The number of ether oxygens (including phenoxy) is 1. The number of hydrogen-bond donors (Lipinski definition) is 2. The van der Waals surface area contributed by atoms with Crippen molar-refractivity contribution in [1.29, 1.82) is 0 Å². The van der Waals surface area contributed by atoms with E-state index in [1.54, 1.807) is 0 Å². The number of benzene rings is 2. The Morgan fingerprint density at radius 1 is 0.976 bits per heavy atom. The molecule has 0 bridgehead atoms. The van der Waals surface area contributed by atoms with Gasteiger partial charge in [-0.3, -0.25) is 14.5 Å². The molecule has 5 rings (SSSR count). The van der Waals surface area contributed by atoms with Gasteiger partial charge < -0.3 is 25.2 Å². The van der Waals surface area contributed by atoms with Crippen LogP contribution in [0.15, 0.2) is 60.7 Å². The normalized spacial score (nSPS) is 23.0. The van der Waals surface area contributed by atoms with Gasteiger partial charge in [0, 0.05) is 45.3 Å². The van der Waals surface area contributed by atoms with Gasteiger partial charge in [0.2, 0.25) is 11.8 Å². The van der Waals surface area contributed by atoms with Gasteiger partial charge in [-0.1, -0.05) is 60.7 Å². The fourth-order valence-electron chi connectivity index (χ4n) is 6.47. The van der Waals surface area contributed by atoms with Gasteiger partial charge in [0.15, 0.2) is 0 Å². The summed E-state index contributed by atoms with van der Waals surface area (Å²) in [6.45, 7) is 4.84. The molecule has 3 fully saturated rings. The van der Waals surface area contributed by atoms with E-state index >= 15 is 0 Å². The van der Waals surface area contributed by atoms with Crippen LogP contribution in [0.1, 0.15) is 49.7 Å². The molecule has 2 N–H and O–H groups in total. The van der Waals surface area contributed by atoms with Crippen LogP contribution < -0.4 is 10.6 Å². The quantitative estimate of drug-likeness (QED) is 0.433. The van der Waals surface area contributed by atoms with Gasteiger partial charge >= 0.3 is 6.09 Å². The second-order valence-electron chi connectivity index (χ2n) is 11.7. The summed E-state index contributed by atoms with van der Waals surface area (Å²) in [5.74, 6) is 0.0512. The molecule has 2 unspecified atom stereocenters. The van der Waals surface area contributed by atoms with Gasteiger partial charge in [0.1, 0.15) is 18.2 Å². The number of piperazine rings is 1. The topological polar surface area (TPSA) is 94.2 Å². The minimum atomic E-state index is -0.766. The third kappa shape index (κ3) is 7.08. The average molecular weight is 562 g/mol. The fourth-order valence-corrected chi connectivity index (χ4v) is 6.47. The number of nitrogens with zero attached hydrogens (tertiary/aromatic N) is 3. The van der Waals surface area contributed by atoms with Crippen LogP contribution in [0.2, 0.25) is 0 Å². The predicted molar refractivity (Wildman–Crippen MR) is 157 cm³/mol. The first-order valence-electron chi connectivity index (χ1n) is 15.0. The van der Waals surface area contributed by atoms with Crippen LogP contribution in [0, 0.1) is 0 Å². The second kappa shape index (κ2) is 13.5. The third-order valence-corrected chi connectivity index (χ3v) is 8.80. The molecule has 41 heavy (non-hydrogen) atoms. The van der Waals surface area contributed by atoms with Crippen molar-refractivity contribution < 1.29 is 19.1 Å². The first-order valence-corrected chi connectivity index (χ1v) is 15.0. The number of carbonyl (C=O) groups is 3. The zero-order valence-electron chi connectivity index (χ0n) is 24.1. The van der Waals surface area contributed by atoms with Crippen molar-refractivity contribution in [2.24, 2.45) is 0 Å². The molecule has 0 radical (unpaired) electrons. The maximum atomic E-state index is 14.1. The maximum absolute atomic E-state index is 14.1. The molecule has 3 amide bonds. The molecule has 1 spiro atoms. The molecule has 0 aliphatic carbocycles. The smallest absolute Gasteiger partial charge is 0.407 e. The van der Waals surface area contributed by atoms with E-state index in [2.05, 4.69) is 51.7 Å². The summed E-state index contributed by atoms with van der Waals surface area (Å²) in [6, 6.07) is 19.5. The molecule has 2 aromatic carbocycles. The van der Waals surface area contributed by atoms with Crippen molar-refractivity contribution in [3.8, 4) is 0 Å². The first-order chi connectivity index (χ1) is 19.9. The van der Waals surface area contributed by atoms with Crippen LogP contribution in [0.4, 0.5) is 4.79 Å². The Morgan fingerprint density at radius 2 is 1.66 bits per heavy atom. The molecule has 3 saturated heterocycles. The van der Waals surface area contributed by atoms with E-state index in [1.165, 1.54) is 5.56 Å². The van der Waals surface area contributed by atoms with E-state index in [4.69, 9.17) is 4.74 Å². The summed E-state index contributed by atoms with van der Waals surface area (Å²) in [7, 11) is 2.07. The molecule has 3 aliphatic rings. The van der Waals surface area contributed by atoms with E-state index in [9.17, 15) is 14.4 Å². The molecule has 0 saturated carbocycles. The molecular formula is C32H43N5O4. The number of nitrogens with one attached hydrogen (secondary N) is 2. The fraction of sp³-hybridized carbons (Fsp3) is 0.531. The summed E-state index contributed by atoms with van der Waals surface area (Å²) in [6.07, 6.45) is 3.72. The van der Waals surface area contributed by atoms with Crippen LogP contribution >= 0.6 is 0 Å². The van der Waals surface area contributed by atoms with Crippen molar-refractivity contribution in [2.45, 2.75) is 69.3 Å². The Morgan fingerprint density at radius 3 is 2.37 bits per heavy atom. The highest BCUT2D eigenvalue weighted by Gasteiger charge is 2.56. The third-order valence-electron chi connectivity index (χ3n) is 8.80. The van der Waals surface area contributed by atoms with E-state index in [-0.39, 0.29) is 24.5 Å². The molecule has 9 heteroatoms. The molecule has 3 heterocycles. The number of hydrogen-bond acceptors (Lipinski definition) is 6. The highest BCUT2D eigenvalue weighted by molar-refractivity contribution is 6.00. The lowest BCUT2D eigenvalue weighted by Gasteiger charge is -2.53. The summed E-state index contributed by atoms with van der Waals surface area (Å²) in [5, 5.41) is 5.90. The zero-order chi connectivity index (χ0) is 28.7. The minimum absolute atomic E-state index is 0.000626. The van der Waals surface area contributed by atoms with Gasteiger partial charge in [-0.05, 0) is 56.7 Å². The van der Waals surface area contributed by atoms with Crippen LogP contribution in [-0.4, -0.2) is 90.0 Å². The lowest BCUT2D eigenvalue weighted by atomic mass is 9.80. The molecule has 220 valence electrons. The number of rotatable bonds is 10. The largest absolute Gasteiger partial charge is 0.445 e. The molecule has 3 aliphatic heterocycles. The van der Waals surface area contributed by atoms with Crippen molar-refractivity contribution >= 4 is 17.9 Å². The Hall–Kier alpha value is -3.43. The van der Waals surface area contributed by atoms with Gasteiger partial charge in [0.25, 0.3) is 0 Å². The monoisotopic (exact) mass is 561 g/mol. The van der Waals surface area contributed by atoms with E-state index < -0.39 is 17.7 Å². The average Bonchev–Trinajstić information content (AvgIpc) is 3.44. The molecule has 9 nitrogen and oxygen atoms in total. The summed E-state index contributed by atoms with van der Waals surface area (Å²) in [4.78, 5) is 46.5. The van der Waals surface area contributed by atoms with Crippen molar-refractivity contribution in [3.63, 3.8) is 0 Å². The lowest BCUT2D eigenvalue weighted by molar-refractivity contribution is -0.164. The second-order valence-corrected chi connectivity index (χ2v) is 11.7. The van der Waals surface area contributed by atoms with Crippen LogP contribution in [-0.2, 0) is 27.5 Å². The predicted octanol–water partition coefficient (Wildman–Crippen LogP) is 3.15. The summed E-state index contributed by atoms with van der Waals surface area (Å²) >= 11 is 0. The Bertz CT molecular complexity index is 1170. The van der Waals surface area contributed by atoms with Gasteiger partial charge in [-0.25, -0.2) is 4.79 Å². The lowest BCUT2D eigenvalue weighted by Crippen LogP contribution is -2.74. The van der Waals surface area contributed by atoms with E-state index in [0.29, 0.717) is 38.6 Å².